The van der Waals surface area contributed by atoms with Crippen molar-refractivity contribution in [2.24, 2.45) is 0 Å². The number of hydrogen-bond donors (Lipinski definition) is 0. The zero-order valence-corrected chi connectivity index (χ0v) is 15.6. The molecule has 0 aliphatic carbocycles. The predicted octanol–water partition coefficient (Wildman–Crippen LogP) is 1.85. The molecule has 0 amide bonds. The maximum atomic E-state index is 13.8. The van der Waals surface area contributed by atoms with Gasteiger partial charge < -0.3 is 28.2 Å². The van der Waals surface area contributed by atoms with Crippen molar-refractivity contribution in [3.63, 3.8) is 0 Å². The highest BCUT2D eigenvalue weighted by Gasteiger charge is 2.73. The van der Waals surface area contributed by atoms with Crippen LogP contribution in [0.5, 0.6) is 0 Å². The van der Waals surface area contributed by atoms with Crippen LogP contribution in [0.2, 0.25) is 0 Å². The molecule has 6 atom stereocenters. The number of benzene rings is 1. The first-order valence-corrected chi connectivity index (χ1v) is 9.89. The molecule has 1 aromatic carbocycles. The van der Waals surface area contributed by atoms with Crippen LogP contribution in [0.4, 0.5) is 0 Å². The molecule has 2 unspecified atom stereocenters. The first-order valence-electron chi connectivity index (χ1n) is 8.26. The number of fused-ring (bicyclic) bond motifs is 1. The van der Waals surface area contributed by atoms with Crippen LogP contribution in [0.15, 0.2) is 30.3 Å². The van der Waals surface area contributed by atoms with Crippen LogP contribution in [0, 0.1) is 0 Å². The van der Waals surface area contributed by atoms with E-state index in [9.17, 15) is 4.57 Å². The Balaban J connectivity index is 1.68. The predicted molar refractivity (Wildman–Crippen MR) is 88.9 cm³/mol. The highest BCUT2D eigenvalue weighted by atomic mass is 31.2. The van der Waals surface area contributed by atoms with Crippen molar-refractivity contribution >= 4 is 12.7 Å². The lowest BCUT2D eigenvalue weighted by atomic mass is 10.1. The molecule has 0 N–H and O–H groups in total. The van der Waals surface area contributed by atoms with E-state index >= 15 is 0 Å². The molecular weight excluding hydrogens is 347 g/mol. The molecule has 3 saturated heterocycles. The van der Waals surface area contributed by atoms with E-state index in [4.69, 9.17) is 28.2 Å². The number of hydrogen-bond acceptors (Lipinski definition) is 7. The first kappa shape index (κ1) is 17.6. The normalized spacial score (nSPS) is 41.3. The molecule has 0 aromatic heterocycles. The van der Waals surface area contributed by atoms with Crippen LogP contribution >= 0.6 is 7.37 Å². The van der Waals surface area contributed by atoms with Gasteiger partial charge in [-0.15, -0.1) is 0 Å². The molecule has 3 aliphatic rings. The van der Waals surface area contributed by atoms with Crippen molar-refractivity contribution in [3.8, 4) is 0 Å². The Labute approximate surface area is 146 Å². The van der Waals surface area contributed by atoms with Gasteiger partial charge in [-0.2, -0.15) is 0 Å². The number of epoxide rings is 1. The lowest BCUT2D eigenvalue weighted by molar-refractivity contribution is -0.220. The molecule has 25 heavy (non-hydrogen) atoms. The maximum absolute atomic E-state index is 13.8. The van der Waals surface area contributed by atoms with E-state index in [1.165, 1.54) is 7.11 Å². The Bertz CT molecular complexity index is 687. The monoisotopic (exact) mass is 370 g/mol. The smallest absolute Gasteiger partial charge is 0.267 e. The largest absolute Gasteiger partial charge is 0.376 e. The Morgan fingerprint density at radius 3 is 2.40 bits per heavy atom. The molecule has 0 spiro atoms. The lowest BCUT2D eigenvalue weighted by Gasteiger charge is -2.32. The molecule has 1 aromatic rings. The fourth-order valence-corrected chi connectivity index (χ4v) is 6.25. The standard InChI is InChI=1S/C17H23O7P/c1-16(2)23-13-12(19-3)14(22-15(13)24-16)17(10-21-17)25(18,20-4)11-8-6-5-7-9-11/h5-9,12-15H,10H2,1-4H3/t12-,13-,14-,15-,17?,25?/m0/s1. The van der Waals surface area contributed by atoms with Gasteiger partial charge in [0.15, 0.2) is 17.4 Å². The van der Waals surface area contributed by atoms with Gasteiger partial charge in [0.1, 0.15) is 18.3 Å². The highest BCUT2D eigenvalue weighted by Crippen LogP contribution is 2.68. The third kappa shape index (κ3) is 2.53. The Morgan fingerprint density at radius 1 is 1.16 bits per heavy atom. The van der Waals surface area contributed by atoms with Gasteiger partial charge in [-0.1, -0.05) is 18.2 Å². The molecule has 0 saturated carbocycles. The second kappa shape index (κ2) is 5.86. The zero-order chi connectivity index (χ0) is 17.9. The van der Waals surface area contributed by atoms with E-state index in [-0.39, 0.29) is 6.61 Å². The Morgan fingerprint density at radius 2 is 1.84 bits per heavy atom. The zero-order valence-electron chi connectivity index (χ0n) is 14.7. The number of rotatable bonds is 5. The summed E-state index contributed by atoms with van der Waals surface area (Å²) in [5.41, 5.74) is 0. The molecule has 0 radical (unpaired) electrons. The van der Waals surface area contributed by atoms with E-state index < -0.39 is 43.1 Å². The second-order valence-corrected chi connectivity index (χ2v) is 9.67. The van der Waals surface area contributed by atoms with E-state index in [0.29, 0.717) is 5.30 Å². The van der Waals surface area contributed by atoms with Gasteiger partial charge >= 0.3 is 0 Å². The molecule has 3 heterocycles. The maximum Gasteiger partial charge on any atom is 0.267 e. The molecule has 7 nitrogen and oxygen atoms in total. The van der Waals surface area contributed by atoms with E-state index in [0.717, 1.165) is 0 Å². The summed E-state index contributed by atoms with van der Waals surface area (Å²) in [6, 6.07) is 9.07. The van der Waals surface area contributed by atoms with Gasteiger partial charge in [0.05, 0.1) is 6.61 Å². The van der Waals surface area contributed by atoms with Crippen molar-refractivity contribution in [2.45, 2.75) is 49.6 Å². The molecular formula is C17H23O7P. The topological polar surface area (TPSA) is 75.8 Å². The van der Waals surface area contributed by atoms with E-state index in [1.807, 2.05) is 32.0 Å². The Kier molecular flexibility index (Phi) is 4.13. The molecule has 3 aliphatic heterocycles. The summed E-state index contributed by atoms with van der Waals surface area (Å²) >= 11 is 0. The number of ether oxygens (including phenoxy) is 5. The van der Waals surface area contributed by atoms with Gasteiger partial charge in [-0.25, -0.2) is 0 Å². The third-order valence-corrected chi connectivity index (χ3v) is 8.00. The summed E-state index contributed by atoms with van der Waals surface area (Å²) in [5.74, 6) is -0.751. The van der Waals surface area contributed by atoms with Crippen LogP contribution in [0.25, 0.3) is 0 Å². The molecule has 138 valence electrons. The second-order valence-electron chi connectivity index (χ2n) is 6.93. The average molecular weight is 370 g/mol. The molecule has 3 fully saturated rings. The quantitative estimate of drug-likeness (QED) is 0.578. The van der Waals surface area contributed by atoms with Crippen LogP contribution in [-0.4, -0.2) is 56.6 Å². The third-order valence-electron chi connectivity index (χ3n) is 5.00. The molecule has 8 heteroatoms. The van der Waals surface area contributed by atoms with Crippen molar-refractivity contribution in [3.05, 3.63) is 30.3 Å². The van der Waals surface area contributed by atoms with Gasteiger partial charge in [-0.05, 0) is 26.0 Å². The minimum Gasteiger partial charge on any atom is -0.376 e. The fraction of sp³-hybridized carbons (Fsp3) is 0.647. The van der Waals surface area contributed by atoms with Crippen LogP contribution in [0.3, 0.4) is 0 Å². The van der Waals surface area contributed by atoms with Gasteiger partial charge in [0.2, 0.25) is 0 Å². The van der Waals surface area contributed by atoms with Gasteiger partial charge in [-0.3, -0.25) is 4.57 Å². The summed E-state index contributed by atoms with van der Waals surface area (Å²) in [6.07, 6.45) is -2.09. The first-order chi connectivity index (χ1) is 11.9. The van der Waals surface area contributed by atoms with Crippen LogP contribution < -0.4 is 5.30 Å². The van der Waals surface area contributed by atoms with Gasteiger partial charge in [0.25, 0.3) is 7.37 Å². The minimum atomic E-state index is -3.35. The SMILES string of the molecule is CO[C@H]1[C@@H]2OC(C)(C)O[C@@H]2O[C@@H]1C1(P(=O)(OC)c2ccccc2)CO1. The fourth-order valence-electron chi connectivity index (χ4n) is 3.78. The summed E-state index contributed by atoms with van der Waals surface area (Å²) in [6.45, 7) is 3.91. The van der Waals surface area contributed by atoms with E-state index in [1.54, 1.807) is 19.2 Å². The summed E-state index contributed by atoms with van der Waals surface area (Å²) in [7, 11) is -0.341. The van der Waals surface area contributed by atoms with Gasteiger partial charge in [0, 0.05) is 19.5 Å². The van der Waals surface area contributed by atoms with Crippen LogP contribution in [-0.2, 0) is 32.8 Å². The lowest BCUT2D eigenvalue weighted by Crippen LogP contribution is -2.45. The molecule has 4 rings (SSSR count). The minimum absolute atomic E-state index is 0.264. The highest BCUT2D eigenvalue weighted by molar-refractivity contribution is 7.68. The van der Waals surface area contributed by atoms with Crippen molar-refractivity contribution in [1.82, 2.24) is 0 Å². The summed E-state index contributed by atoms with van der Waals surface area (Å²) < 4.78 is 48.5. The summed E-state index contributed by atoms with van der Waals surface area (Å²) in [4.78, 5) is 0. The van der Waals surface area contributed by atoms with Crippen molar-refractivity contribution in [2.75, 3.05) is 20.8 Å². The summed E-state index contributed by atoms with van der Waals surface area (Å²) in [5, 5.41) is -0.502. The molecule has 0 bridgehead atoms. The van der Waals surface area contributed by atoms with Crippen molar-refractivity contribution < 1.29 is 32.8 Å². The van der Waals surface area contributed by atoms with E-state index in [2.05, 4.69) is 0 Å². The van der Waals surface area contributed by atoms with Crippen molar-refractivity contribution in [1.29, 1.82) is 0 Å². The average Bonchev–Trinajstić information content (AvgIpc) is 3.27. The Hall–Kier alpha value is -0.790. The number of methoxy groups -OCH3 is 1. The van der Waals surface area contributed by atoms with Crippen LogP contribution in [0.1, 0.15) is 13.8 Å².